The minimum Gasteiger partial charge on any atom is -0.507 e. The molecule has 4 nitrogen and oxygen atoms in total. The van der Waals surface area contributed by atoms with Crippen LogP contribution in [0.4, 0.5) is 0 Å². The molecule has 1 atom stereocenters. The van der Waals surface area contributed by atoms with Crippen LogP contribution in [0.15, 0.2) is 54.3 Å². The SMILES string of the molecule is CC(C)=CCCC1(C)C=Cc2ccc(O)c(C(=O)/C=C/c3ccc(C)nc3)c2O1. The molecule has 0 spiro atoms. The predicted molar refractivity (Wildman–Crippen MR) is 117 cm³/mol. The predicted octanol–water partition coefficient (Wildman–Crippen LogP) is 5.90. The highest BCUT2D eigenvalue weighted by atomic mass is 16.5. The molecule has 0 radical (unpaired) electrons. The van der Waals surface area contributed by atoms with Crippen LogP contribution in [0.5, 0.6) is 11.5 Å². The fourth-order valence-electron chi connectivity index (χ4n) is 3.22. The number of pyridine rings is 1. The lowest BCUT2D eigenvalue weighted by Gasteiger charge is -2.32. The van der Waals surface area contributed by atoms with E-state index in [2.05, 4.69) is 24.9 Å². The number of nitrogens with zero attached hydrogens (tertiary/aromatic N) is 1. The average Bonchev–Trinajstić information content (AvgIpc) is 2.66. The third kappa shape index (κ3) is 5.02. The molecule has 1 aliphatic heterocycles. The van der Waals surface area contributed by atoms with Gasteiger partial charge < -0.3 is 9.84 Å². The van der Waals surface area contributed by atoms with Crippen molar-refractivity contribution in [2.24, 2.45) is 0 Å². The second kappa shape index (κ2) is 8.48. The number of carbonyl (C=O) groups is 1. The van der Waals surface area contributed by atoms with Crippen molar-refractivity contribution in [1.82, 2.24) is 4.98 Å². The Morgan fingerprint density at radius 1 is 1.24 bits per heavy atom. The first-order valence-corrected chi connectivity index (χ1v) is 9.80. The van der Waals surface area contributed by atoms with E-state index in [0.717, 1.165) is 29.7 Å². The summed E-state index contributed by atoms with van der Waals surface area (Å²) in [6, 6.07) is 7.08. The molecular formula is C25H27NO3. The molecular weight excluding hydrogens is 362 g/mol. The number of rotatable bonds is 6. The molecule has 0 amide bonds. The van der Waals surface area contributed by atoms with Gasteiger partial charge in [0.15, 0.2) is 5.78 Å². The third-order valence-corrected chi connectivity index (χ3v) is 4.92. The van der Waals surface area contributed by atoms with Gasteiger partial charge in [-0.05, 0) is 82.5 Å². The maximum Gasteiger partial charge on any atom is 0.193 e. The van der Waals surface area contributed by atoms with Gasteiger partial charge in [-0.1, -0.05) is 23.8 Å². The zero-order valence-electron chi connectivity index (χ0n) is 17.4. The zero-order valence-corrected chi connectivity index (χ0v) is 17.4. The van der Waals surface area contributed by atoms with Gasteiger partial charge in [0, 0.05) is 17.5 Å². The maximum atomic E-state index is 12.9. The van der Waals surface area contributed by atoms with Crippen LogP contribution in [0.2, 0.25) is 0 Å². The lowest BCUT2D eigenvalue weighted by atomic mass is 9.92. The van der Waals surface area contributed by atoms with E-state index < -0.39 is 5.60 Å². The molecule has 2 heterocycles. The number of hydrogen-bond acceptors (Lipinski definition) is 4. The van der Waals surface area contributed by atoms with Crippen molar-refractivity contribution in [3.63, 3.8) is 0 Å². The summed E-state index contributed by atoms with van der Waals surface area (Å²) in [5.41, 5.74) is 3.44. The molecule has 4 heteroatoms. The monoisotopic (exact) mass is 389 g/mol. The third-order valence-electron chi connectivity index (χ3n) is 4.92. The van der Waals surface area contributed by atoms with Crippen molar-refractivity contribution in [1.29, 1.82) is 0 Å². The van der Waals surface area contributed by atoms with Crippen LogP contribution in [0.3, 0.4) is 0 Å². The van der Waals surface area contributed by atoms with E-state index >= 15 is 0 Å². The number of benzene rings is 1. The summed E-state index contributed by atoms with van der Waals surface area (Å²) >= 11 is 0. The molecule has 1 aromatic heterocycles. The Labute approximate surface area is 172 Å². The smallest absolute Gasteiger partial charge is 0.193 e. The fraction of sp³-hybridized carbons (Fsp3) is 0.280. The number of aryl methyl sites for hydroxylation is 1. The molecule has 1 unspecified atom stereocenters. The van der Waals surface area contributed by atoms with Crippen LogP contribution in [0.1, 0.15) is 60.8 Å². The summed E-state index contributed by atoms with van der Waals surface area (Å²) in [6.07, 6.45) is 12.7. The molecule has 29 heavy (non-hydrogen) atoms. The van der Waals surface area contributed by atoms with Gasteiger partial charge >= 0.3 is 0 Å². The molecule has 1 aliphatic rings. The number of phenols is 1. The first-order valence-electron chi connectivity index (χ1n) is 9.80. The van der Waals surface area contributed by atoms with Crippen molar-refractivity contribution in [3.05, 3.63) is 76.6 Å². The summed E-state index contributed by atoms with van der Waals surface area (Å²) in [5, 5.41) is 10.4. The number of phenolic OH excluding ortho intramolecular Hbond substituents is 1. The summed E-state index contributed by atoms with van der Waals surface area (Å²) in [7, 11) is 0. The van der Waals surface area contributed by atoms with Crippen LogP contribution in [-0.2, 0) is 0 Å². The Morgan fingerprint density at radius 3 is 2.72 bits per heavy atom. The van der Waals surface area contributed by atoms with Crippen LogP contribution in [0, 0.1) is 6.92 Å². The highest BCUT2D eigenvalue weighted by Gasteiger charge is 2.30. The second-order valence-corrected chi connectivity index (χ2v) is 7.88. The lowest BCUT2D eigenvalue weighted by Crippen LogP contribution is -2.32. The van der Waals surface area contributed by atoms with Crippen LogP contribution >= 0.6 is 0 Å². The molecule has 0 saturated carbocycles. The lowest BCUT2D eigenvalue weighted by molar-refractivity contribution is 0.101. The highest BCUT2D eigenvalue weighted by Crippen LogP contribution is 2.40. The second-order valence-electron chi connectivity index (χ2n) is 7.88. The van der Waals surface area contributed by atoms with Gasteiger partial charge in [-0.3, -0.25) is 9.78 Å². The molecule has 1 aromatic carbocycles. The summed E-state index contributed by atoms with van der Waals surface area (Å²) < 4.78 is 6.26. The Balaban J connectivity index is 1.88. The fourth-order valence-corrected chi connectivity index (χ4v) is 3.22. The van der Waals surface area contributed by atoms with Gasteiger partial charge in [-0.15, -0.1) is 0 Å². The van der Waals surface area contributed by atoms with Crippen LogP contribution in [0.25, 0.3) is 12.2 Å². The number of allylic oxidation sites excluding steroid dienone is 3. The van der Waals surface area contributed by atoms with Gasteiger partial charge in [0.2, 0.25) is 0 Å². The van der Waals surface area contributed by atoms with Crippen molar-refractivity contribution in [2.45, 2.75) is 46.1 Å². The minimum absolute atomic E-state index is 0.0811. The molecule has 150 valence electrons. The van der Waals surface area contributed by atoms with Gasteiger partial charge in [-0.25, -0.2) is 0 Å². The van der Waals surface area contributed by atoms with E-state index in [0.29, 0.717) is 5.75 Å². The van der Waals surface area contributed by atoms with E-state index in [9.17, 15) is 9.90 Å². The van der Waals surface area contributed by atoms with E-state index in [1.165, 1.54) is 17.7 Å². The quantitative estimate of drug-likeness (QED) is 0.379. The van der Waals surface area contributed by atoms with Gasteiger partial charge in [0.1, 0.15) is 22.7 Å². The number of ketones is 1. The number of hydrogen-bond donors (Lipinski definition) is 1. The summed E-state index contributed by atoms with van der Waals surface area (Å²) in [5.74, 6) is 0.0492. The first kappa shape index (κ1) is 20.6. The molecule has 0 fully saturated rings. The summed E-state index contributed by atoms with van der Waals surface area (Å²) in [6.45, 7) is 8.05. The Hall–Kier alpha value is -3.14. The normalized spacial score (nSPS) is 17.7. The van der Waals surface area contributed by atoms with Gasteiger partial charge in [0.25, 0.3) is 0 Å². The topological polar surface area (TPSA) is 59.4 Å². The van der Waals surface area contributed by atoms with E-state index in [1.807, 2.05) is 38.1 Å². The molecule has 0 saturated heterocycles. The molecule has 1 N–H and O–H groups in total. The number of aromatic nitrogens is 1. The van der Waals surface area contributed by atoms with E-state index in [4.69, 9.17) is 4.74 Å². The van der Waals surface area contributed by atoms with Crippen molar-refractivity contribution in [3.8, 4) is 11.5 Å². The number of aromatic hydroxyl groups is 1. The molecule has 2 aromatic rings. The molecule has 0 bridgehead atoms. The van der Waals surface area contributed by atoms with Gasteiger partial charge in [0.05, 0.1) is 0 Å². The van der Waals surface area contributed by atoms with E-state index in [-0.39, 0.29) is 17.1 Å². The highest BCUT2D eigenvalue weighted by molar-refractivity contribution is 6.11. The van der Waals surface area contributed by atoms with Crippen LogP contribution in [-0.4, -0.2) is 21.5 Å². The number of ether oxygens (including phenoxy) is 1. The Bertz CT molecular complexity index is 995. The Morgan fingerprint density at radius 2 is 2.03 bits per heavy atom. The van der Waals surface area contributed by atoms with E-state index in [1.54, 1.807) is 18.3 Å². The van der Waals surface area contributed by atoms with Crippen molar-refractivity contribution < 1.29 is 14.6 Å². The molecule has 0 aliphatic carbocycles. The number of fused-ring (bicyclic) bond motifs is 1. The van der Waals surface area contributed by atoms with Crippen molar-refractivity contribution >= 4 is 17.9 Å². The van der Waals surface area contributed by atoms with Crippen LogP contribution < -0.4 is 4.74 Å². The number of carbonyl (C=O) groups excluding carboxylic acids is 1. The zero-order chi connectivity index (χ0) is 21.0. The molecule has 3 rings (SSSR count). The maximum absolute atomic E-state index is 12.9. The largest absolute Gasteiger partial charge is 0.507 e. The van der Waals surface area contributed by atoms with Gasteiger partial charge in [-0.2, -0.15) is 0 Å². The first-order chi connectivity index (χ1) is 13.8. The summed E-state index contributed by atoms with van der Waals surface area (Å²) in [4.78, 5) is 17.1. The Kier molecular flexibility index (Phi) is 6.02. The van der Waals surface area contributed by atoms with Crippen molar-refractivity contribution in [2.75, 3.05) is 0 Å². The minimum atomic E-state index is -0.535. The average molecular weight is 389 g/mol. The standard InChI is InChI=1S/C25H27NO3/c1-17(2)6-5-14-25(4)15-13-20-10-12-22(28)23(24(20)29-25)21(27)11-9-19-8-7-18(3)26-16-19/h6-13,15-16,28H,5,14H2,1-4H3/b11-9+.